The van der Waals surface area contributed by atoms with Crippen molar-refractivity contribution in [2.24, 2.45) is 4.99 Å². The van der Waals surface area contributed by atoms with Gasteiger partial charge < -0.3 is 15.1 Å². The van der Waals surface area contributed by atoms with E-state index >= 15 is 0 Å². The van der Waals surface area contributed by atoms with Crippen LogP contribution in [0.5, 0.6) is 0 Å². The van der Waals surface area contributed by atoms with Crippen molar-refractivity contribution in [1.29, 1.82) is 0 Å². The fourth-order valence-corrected chi connectivity index (χ4v) is 2.31. The van der Waals surface area contributed by atoms with Crippen molar-refractivity contribution in [2.75, 3.05) is 27.7 Å². The van der Waals surface area contributed by atoms with Gasteiger partial charge in [-0.15, -0.1) is 0 Å². The molecule has 0 saturated carbocycles. The number of hydrogen-bond donors (Lipinski definition) is 1. The molecule has 1 amide bonds. The van der Waals surface area contributed by atoms with E-state index in [0.717, 1.165) is 12.1 Å². The molecule has 0 radical (unpaired) electrons. The topological polar surface area (TPSA) is 47.9 Å². The molecule has 5 heteroatoms. The van der Waals surface area contributed by atoms with E-state index < -0.39 is 0 Å². The van der Waals surface area contributed by atoms with E-state index in [2.05, 4.69) is 22.4 Å². The molecule has 2 aromatic rings. The fraction of sp³-hybridized carbons (Fsp3) is 0.300. The van der Waals surface area contributed by atoms with Gasteiger partial charge in [-0.05, 0) is 11.1 Å². The highest BCUT2D eigenvalue weighted by Crippen LogP contribution is 2.05. The van der Waals surface area contributed by atoms with Crippen LogP contribution in [0.25, 0.3) is 0 Å². The minimum Gasteiger partial charge on any atom is -0.347 e. The quantitative estimate of drug-likeness (QED) is 0.650. The minimum absolute atomic E-state index is 0.0144. The highest BCUT2D eigenvalue weighted by molar-refractivity contribution is 5.86. The molecule has 0 fully saturated rings. The van der Waals surface area contributed by atoms with E-state index in [1.807, 2.05) is 60.5 Å². The first kappa shape index (κ1) is 18.5. The molecule has 2 aromatic carbocycles. The maximum absolute atomic E-state index is 11.9. The van der Waals surface area contributed by atoms with Gasteiger partial charge in [-0.1, -0.05) is 60.7 Å². The Labute approximate surface area is 150 Å². The van der Waals surface area contributed by atoms with E-state index in [-0.39, 0.29) is 12.5 Å². The lowest BCUT2D eigenvalue weighted by molar-refractivity contribution is -0.127. The maximum Gasteiger partial charge on any atom is 0.241 e. The lowest BCUT2D eigenvalue weighted by Crippen LogP contribution is -2.43. The first-order chi connectivity index (χ1) is 12.1. The molecule has 0 aliphatic heterocycles. The van der Waals surface area contributed by atoms with Crippen molar-refractivity contribution < 1.29 is 4.79 Å². The predicted octanol–water partition coefficient (Wildman–Crippen LogP) is 2.35. The number of benzene rings is 2. The molecule has 0 saturated heterocycles. The van der Waals surface area contributed by atoms with Crippen molar-refractivity contribution in [1.82, 2.24) is 15.1 Å². The number of nitrogens with one attached hydrogen (secondary N) is 1. The van der Waals surface area contributed by atoms with Crippen LogP contribution in [0.3, 0.4) is 0 Å². The SMILES string of the molecule is CN(C)C(=O)CNC(=NCc1ccccc1)N(C)Cc1ccccc1. The predicted molar refractivity (Wildman–Crippen MR) is 102 cm³/mol. The number of nitrogens with zero attached hydrogens (tertiary/aromatic N) is 3. The van der Waals surface area contributed by atoms with Gasteiger partial charge in [-0.25, -0.2) is 4.99 Å². The summed E-state index contributed by atoms with van der Waals surface area (Å²) in [5.74, 6) is 0.725. The normalized spacial score (nSPS) is 11.1. The van der Waals surface area contributed by atoms with Crippen LogP contribution in [0.4, 0.5) is 0 Å². The van der Waals surface area contributed by atoms with Gasteiger partial charge in [0, 0.05) is 27.7 Å². The van der Waals surface area contributed by atoms with E-state index in [9.17, 15) is 4.79 Å². The summed E-state index contributed by atoms with van der Waals surface area (Å²) in [6, 6.07) is 20.3. The second kappa shape index (κ2) is 9.47. The molecule has 25 heavy (non-hydrogen) atoms. The van der Waals surface area contributed by atoms with Crippen LogP contribution < -0.4 is 5.32 Å². The molecule has 0 spiro atoms. The third kappa shape index (κ3) is 6.30. The molecule has 0 heterocycles. The van der Waals surface area contributed by atoms with E-state index in [0.29, 0.717) is 12.5 Å². The summed E-state index contributed by atoms with van der Waals surface area (Å²) in [4.78, 5) is 20.2. The summed E-state index contributed by atoms with van der Waals surface area (Å²) in [6.45, 7) is 1.51. The van der Waals surface area contributed by atoms with Gasteiger partial charge in [-0.2, -0.15) is 0 Å². The van der Waals surface area contributed by atoms with Crippen LogP contribution in [0.2, 0.25) is 0 Å². The van der Waals surface area contributed by atoms with E-state index in [1.165, 1.54) is 5.56 Å². The monoisotopic (exact) mass is 338 g/mol. The average molecular weight is 338 g/mol. The van der Waals surface area contributed by atoms with E-state index in [4.69, 9.17) is 0 Å². The van der Waals surface area contributed by atoms with Crippen LogP contribution in [0.1, 0.15) is 11.1 Å². The molecular weight excluding hydrogens is 312 g/mol. The zero-order valence-electron chi connectivity index (χ0n) is 15.1. The molecule has 0 aliphatic carbocycles. The average Bonchev–Trinajstić information content (AvgIpc) is 2.63. The Morgan fingerprint density at radius 2 is 1.48 bits per heavy atom. The van der Waals surface area contributed by atoms with Crippen molar-refractivity contribution in [3.63, 3.8) is 0 Å². The van der Waals surface area contributed by atoms with Gasteiger partial charge in [0.25, 0.3) is 0 Å². The molecule has 0 unspecified atom stereocenters. The summed E-state index contributed by atoms with van der Waals surface area (Å²) < 4.78 is 0. The first-order valence-corrected chi connectivity index (χ1v) is 8.33. The molecule has 5 nitrogen and oxygen atoms in total. The maximum atomic E-state index is 11.9. The highest BCUT2D eigenvalue weighted by Gasteiger charge is 2.10. The van der Waals surface area contributed by atoms with Crippen LogP contribution in [-0.4, -0.2) is 49.4 Å². The number of guanidine groups is 1. The fourth-order valence-electron chi connectivity index (χ4n) is 2.31. The number of likely N-dealkylation sites (N-methyl/N-ethyl adjacent to an activating group) is 1. The Bertz CT molecular complexity index is 683. The van der Waals surface area contributed by atoms with Gasteiger partial charge in [0.15, 0.2) is 5.96 Å². The lowest BCUT2D eigenvalue weighted by atomic mass is 10.2. The summed E-state index contributed by atoms with van der Waals surface area (Å²) in [6.07, 6.45) is 0. The summed E-state index contributed by atoms with van der Waals surface area (Å²) in [5.41, 5.74) is 2.33. The standard InChI is InChI=1S/C20H26N4O/c1-23(2)19(25)15-22-20(21-14-17-10-6-4-7-11-17)24(3)16-18-12-8-5-9-13-18/h4-13H,14-16H2,1-3H3,(H,21,22). The second-order valence-corrected chi connectivity index (χ2v) is 6.11. The third-order valence-corrected chi connectivity index (χ3v) is 3.77. The number of rotatable bonds is 6. The molecule has 0 aliphatic rings. The zero-order chi connectivity index (χ0) is 18.1. The first-order valence-electron chi connectivity index (χ1n) is 8.33. The van der Waals surface area contributed by atoms with E-state index in [1.54, 1.807) is 19.0 Å². The Kier molecular flexibility index (Phi) is 7.01. The van der Waals surface area contributed by atoms with Crippen molar-refractivity contribution in [3.8, 4) is 0 Å². The van der Waals surface area contributed by atoms with Gasteiger partial charge in [-0.3, -0.25) is 4.79 Å². The van der Waals surface area contributed by atoms with Gasteiger partial charge >= 0.3 is 0 Å². The summed E-state index contributed by atoms with van der Waals surface area (Å²) in [5, 5.41) is 3.18. The number of carbonyl (C=O) groups excluding carboxylic acids is 1. The largest absolute Gasteiger partial charge is 0.347 e. The number of amides is 1. The molecular formula is C20H26N4O. The van der Waals surface area contributed by atoms with Crippen molar-refractivity contribution in [2.45, 2.75) is 13.1 Å². The Hall–Kier alpha value is -2.82. The Morgan fingerprint density at radius 3 is 2.04 bits per heavy atom. The second-order valence-electron chi connectivity index (χ2n) is 6.11. The minimum atomic E-state index is 0.0144. The number of hydrogen-bond acceptors (Lipinski definition) is 2. The van der Waals surface area contributed by atoms with Crippen molar-refractivity contribution >= 4 is 11.9 Å². The molecule has 132 valence electrons. The van der Waals surface area contributed by atoms with Crippen LogP contribution in [0.15, 0.2) is 65.7 Å². The third-order valence-electron chi connectivity index (χ3n) is 3.77. The lowest BCUT2D eigenvalue weighted by Gasteiger charge is -2.23. The van der Waals surface area contributed by atoms with Crippen LogP contribution in [-0.2, 0) is 17.9 Å². The van der Waals surface area contributed by atoms with Gasteiger partial charge in [0.2, 0.25) is 5.91 Å². The highest BCUT2D eigenvalue weighted by atomic mass is 16.2. The Morgan fingerprint density at radius 1 is 0.920 bits per heavy atom. The van der Waals surface area contributed by atoms with Crippen molar-refractivity contribution in [3.05, 3.63) is 71.8 Å². The van der Waals surface area contributed by atoms with Gasteiger partial charge in [0.1, 0.15) is 0 Å². The zero-order valence-corrected chi connectivity index (χ0v) is 15.1. The molecule has 1 N–H and O–H groups in total. The van der Waals surface area contributed by atoms with Crippen LogP contribution >= 0.6 is 0 Å². The molecule has 2 rings (SSSR count). The summed E-state index contributed by atoms with van der Waals surface area (Å²) in [7, 11) is 5.47. The smallest absolute Gasteiger partial charge is 0.241 e. The Balaban J connectivity index is 2.08. The molecule has 0 bridgehead atoms. The molecule has 0 aromatic heterocycles. The molecule has 0 atom stereocenters. The summed E-state index contributed by atoms with van der Waals surface area (Å²) >= 11 is 0. The number of carbonyl (C=O) groups is 1. The van der Waals surface area contributed by atoms with Gasteiger partial charge in [0.05, 0.1) is 13.1 Å². The van der Waals surface area contributed by atoms with Crippen LogP contribution in [0, 0.1) is 0 Å². The number of aliphatic imine (C=N–C) groups is 1.